The van der Waals surface area contributed by atoms with Gasteiger partial charge in [0.25, 0.3) is 0 Å². The number of nitrogens with two attached hydrogens (primary N) is 1. The minimum atomic E-state index is 0.799. The number of halogens is 1. The van der Waals surface area contributed by atoms with Crippen molar-refractivity contribution in [3.8, 4) is 67.0 Å². The second kappa shape index (κ2) is 29.3. The Balaban J connectivity index is 0.000000136. The molecule has 4 heterocycles. The number of thiophene rings is 2. The maximum atomic E-state index is 6.76. The van der Waals surface area contributed by atoms with Gasteiger partial charge < -0.3 is 19.8 Å². The summed E-state index contributed by atoms with van der Waals surface area (Å²) in [6, 6.07) is 151. The highest BCUT2D eigenvalue weighted by Gasteiger charge is 2.25. The molecule has 0 fully saturated rings. The summed E-state index contributed by atoms with van der Waals surface area (Å²) in [5.74, 6) is 0. The number of hydrogen-bond donors (Lipinski definition) is 1. The van der Waals surface area contributed by atoms with E-state index < -0.39 is 0 Å². The van der Waals surface area contributed by atoms with Crippen LogP contribution in [0, 0.1) is 0 Å². The normalized spacial score (nSPS) is 11.6. The predicted octanol–water partition coefficient (Wildman–Crippen LogP) is 31.6. The van der Waals surface area contributed by atoms with Crippen LogP contribution in [0.5, 0.6) is 0 Å². The number of nitrogens with zero attached hydrogens (tertiary/aromatic N) is 3. The first-order chi connectivity index (χ1) is 56.8. The molecule has 0 aliphatic carbocycles. The lowest BCUT2D eigenvalue weighted by atomic mass is 9.96. The number of aromatic nitrogens is 2. The zero-order valence-electron chi connectivity index (χ0n) is 62.5. The van der Waals surface area contributed by atoms with E-state index in [9.17, 15) is 0 Å². The first kappa shape index (κ1) is 69.1. The highest BCUT2D eigenvalue weighted by molar-refractivity contribution is 9.10. The number of fused-ring (bicyclic) bond motifs is 15. The fraction of sp³-hybridized carbons (Fsp3) is 0. The fourth-order valence-corrected chi connectivity index (χ4v) is 19.8. The molecule has 0 aliphatic rings. The zero-order valence-corrected chi connectivity index (χ0v) is 65.7. The molecule has 0 saturated heterocycles. The van der Waals surface area contributed by atoms with Crippen molar-refractivity contribution in [3.63, 3.8) is 0 Å². The molecule has 0 unspecified atom stereocenters. The molecule has 2 N–H and O–H groups in total. The van der Waals surface area contributed by atoms with E-state index >= 15 is 0 Å². The van der Waals surface area contributed by atoms with Crippen LogP contribution >= 0.6 is 38.6 Å². The second-order valence-electron chi connectivity index (χ2n) is 29.4. The van der Waals surface area contributed by atoms with Crippen LogP contribution in [0.4, 0.5) is 22.7 Å². The number of nitrogen functional groups attached to an aromatic ring is 1. The molecule has 4 nitrogen and oxygen atoms in total. The van der Waals surface area contributed by atoms with Gasteiger partial charge in [0.05, 0.1) is 27.8 Å². The SMILES string of the molecule is Brc1ccc(-c2ccc3ccccc3c2)cc1.Nc1cc2c(cc1-c1cccc3c1sc1ccccc13)c1ccccc1n2-c1ccccc1.c1ccc(-n2c3ccccc3c3cc(-c4cccc5c4sc4ccccc45)c(N(c4ccc(-c5ccc6ccccc6c5)cc4)c4ccc(-c5ccc6ccccc6c5)cc4)cc32)cc1. The largest absolute Gasteiger partial charge is 0.398 e. The van der Waals surface area contributed by atoms with Crippen LogP contribution in [0.3, 0.4) is 0 Å². The van der Waals surface area contributed by atoms with Gasteiger partial charge in [-0.1, -0.05) is 307 Å². The quantitative estimate of drug-likeness (QED) is 0.139. The average molecular weight is 1570 g/mol. The number of rotatable bonds is 10. The van der Waals surface area contributed by atoms with E-state index in [1.165, 1.54) is 155 Å². The summed E-state index contributed by atoms with van der Waals surface area (Å²) in [7, 11) is 0. The first-order valence-electron chi connectivity index (χ1n) is 38.9. The highest BCUT2D eigenvalue weighted by Crippen LogP contribution is 2.51. The Labute approximate surface area is 682 Å². The molecule has 0 aliphatic heterocycles. The van der Waals surface area contributed by atoms with Crippen molar-refractivity contribution < 1.29 is 0 Å². The summed E-state index contributed by atoms with van der Waals surface area (Å²) in [5.41, 5.74) is 29.8. The Kier molecular flexibility index (Phi) is 17.6. The first-order valence-corrected chi connectivity index (χ1v) is 41.3. The van der Waals surface area contributed by atoms with Crippen molar-refractivity contribution >= 4 is 178 Å². The van der Waals surface area contributed by atoms with Crippen molar-refractivity contribution in [1.29, 1.82) is 0 Å². The summed E-state index contributed by atoms with van der Waals surface area (Å²) in [4.78, 5) is 2.47. The molecule has 19 aromatic carbocycles. The molecule has 542 valence electrons. The third-order valence-corrected chi connectivity index (χ3v) is 25.6. The van der Waals surface area contributed by atoms with Crippen LogP contribution in [0.15, 0.2) is 423 Å². The fourth-order valence-electron chi connectivity index (χ4n) is 17.1. The molecule has 7 heteroatoms. The minimum absolute atomic E-state index is 0.799. The van der Waals surface area contributed by atoms with Gasteiger partial charge in [-0.15, -0.1) is 22.7 Å². The van der Waals surface area contributed by atoms with Gasteiger partial charge in [0.1, 0.15) is 0 Å². The number of para-hydroxylation sites is 4. The molecule has 4 aromatic heterocycles. The van der Waals surface area contributed by atoms with E-state index in [4.69, 9.17) is 5.73 Å². The van der Waals surface area contributed by atoms with E-state index in [1.54, 1.807) is 0 Å². The molecule has 0 amide bonds. The number of benzene rings is 19. The number of anilines is 4. The van der Waals surface area contributed by atoms with Crippen LogP contribution in [0.2, 0.25) is 0 Å². The molecule has 0 radical (unpaired) electrons. The van der Waals surface area contributed by atoms with Crippen molar-refractivity contribution in [3.05, 3.63) is 423 Å². The Morgan fingerprint density at radius 1 is 0.235 bits per heavy atom. The van der Waals surface area contributed by atoms with Crippen molar-refractivity contribution in [1.82, 2.24) is 9.13 Å². The van der Waals surface area contributed by atoms with E-state index in [-0.39, 0.29) is 0 Å². The molecule has 23 rings (SSSR count). The van der Waals surface area contributed by atoms with Gasteiger partial charge in [0, 0.05) is 117 Å². The maximum absolute atomic E-state index is 6.76. The summed E-state index contributed by atoms with van der Waals surface area (Å²) in [6.07, 6.45) is 0. The van der Waals surface area contributed by atoms with E-state index in [0.717, 1.165) is 55.2 Å². The predicted molar refractivity (Wildman–Crippen MR) is 500 cm³/mol. The van der Waals surface area contributed by atoms with Gasteiger partial charge in [-0.3, -0.25) is 0 Å². The van der Waals surface area contributed by atoms with Gasteiger partial charge in [-0.2, -0.15) is 0 Å². The minimum Gasteiger partial charge on any atom is -0.398 e. The maximum Gasteiger partial charge on any atom is 0.0562 e. The summed E-state index contributed by atoms with van der Waals surface area (Å²) in [6.45, 7) is 0. The summed E-state index contributed by atoms with van der Waals surface area (Å²) < 4.78 is 11.0. The van der Waals surface area contributed by atoms with Crippen molar-refractivity contribution in [2.24, 2.45) is 0 Å². The zero-order chi connectivity index (χ0) is 76.5. The third kappa shape index (κ3) is 12.6. The van der Waals surface area contributed by atoms with Gasteiger partial charge in [-0.25, -0.2) is 0 Å². The molecule has 0 spiro atoms. The summed E-state index contributed by atoms with van der Waals surface area (Å²) >= 11 is 7.18. The van der Waals surface area contributed by atoms with Gasteiger partial charge in [0.15, 0.2) is 0 Å². The average Bonchev–Trinajstić information content (AvgIpc) is 1.70. The molecule has 115 heavy (non-hydrogen) atoms. The van der Waals surface area contributed by atoms with Crippen LogP contribution in [0.25, 0.3) is 183 Å². The van der Waals surface area contributed by atoms with Crippen LogP contribution in [-0.2, 0) is 0 Å². The monoisotopic (exact) mass is 1570 g/mol. The van der Waals surface area contributed by atoms with Crippen LogP contribution < -0.4 is 10.6 Å². The lowest BCUT2D eigenvalue weighted by Crippen LogP contribution is -2.11. The molecule has 0 saturated carbocycles. The molecule has 0 atom stereocenters. The Morgan fingerprint density at radius 2 is 0.583 bits per heavy atom. The van der Waals surface area contributed by atoms with E-state index in [0.29, 0.717) is 0 Å². The van der Waals surface area contributed by atoms with Crippen molar-refractivity contribution in [2.75, 3.05) is 10.6 Å². The van der Waals surface area contributed by atoms with Crippen LogP contribution in [0.1, 0.15) is 0 Å². The molecule has 23 aromatic rings. The van der Waals surface area contributed by atoms with E-state index in [2.05, 4.69) is 449 Å². The molecular formula is C108H71BrN4S2. The van der Waals surface area contributed by atoms with Gasteiger partial charge in [0.2, 0.25) is 0 Å². The summed E-state index contributed by atoms with van der Waals surface area (Å²) in [5, 5.41) is 17.6. The third-order valence-electron chi connectivity index (χ3n) is 22.6. The second-order valence-corrected chi connectivity index (χ2v) is 32.4. The highest BCUT2D eigenvalue weighted by atomic mass is 79.9. The topological polar surface area (TPSA) is 39.1 Å². The lowest BCUT2D eigenvalue weighted by molar-refractivity contribution is 1.18. The number of hydrogen-bond acceptors (Lipinski definition) is 4. The van der Waals surface area contributed by atoms with Gasteiger partial charge in [-0.05, 0) is 193 Å². The van der Waals surface area contributed by atoms with Crippen LogP contribution in [-0.4, -0.2) is 9.13 Å². The lowest BCUT2D eigenvalue weighted by Gasteiger charge is -2.29. The van der Waals surface area contributed by atoms with E-state index in [1.807, 2.05) is 22.7 Å². The Bertz CT molecular complexity index is 7540. The van der Waals surface area contributed by atoms with Crippen molar-refractivity contribution in [2.45, 2.75) is 0 Å². The Morgan fingerprint density at radius 3 is 1.03 bits per heavy atom. The smallest absolute Gasteiger partial charge is 0.0562 e. The standard InChI is InChI=1S/C62H40N2S.C30H20N2S.C16H11Br/c1-2-17-49(18-3-1)64-58-23-10-8-19-52(58)56-39-57(55-22-12-21-54-53-20-9-11-24-61(53)65-62(54)55)59(40-60(56)64)63(50-33-29-43(30-34-50)47-27-25-41-13-4-6-15-45(41)37-47)51-35-31-44(32-36-51)48-28-26-42-14-5-7-16-46(42)38-48;31-26-18-28-25(20-11-4-6-15-27(20)32(28)19-9-2-1-3-10-19)17-24(26)23-14-8-13-22-21-12-5-7-16-29(21)33-30(22)23;17-16-9-7-13(8-10-16)15-6-5-12-3-1-2-4-14(12)11-15/h1-40H;1-18H,31H2;1-11H. The molecular weight excluding hydrogens is 1500 g/mol. The molecule has 0 bridgehead atoms. The Hall–Kier alpha value is -13.9. The van der Waals surface area contributed by atoms with Gasteiger partial charge >= 0.3 is 0 Å².